The Labute approximate surface area is 371 Å². The molecular formula is C59H35N5O. The molecule has 0 spiro atoms. The van der Waals surface area contributed by atoms with Gasteiger partial charge in [-0.25, -0.2) is 15.0 Å². The van der Waals surface area contributed by atoms with Crippen molar-refractivity contribution in [2.45, 2.75) is 0 Å². The summed E-state index contributed by atoms with van der Waals surface area (Å²) in [5.74, 6) is 1.81. The molecule has 0 saturated heterocycles. The lowest BCUT2D eigenvalue weighted by molar-refractivity contribution is 0.668. The topological polar surface area (TPSA) is 61.7 Å². The molecule has 6 heteroatoms. The number of fused-ring (bicyclic) bond motifs is 12. The van der Waals surface area contributed by atoms with Gasteiger partial charge in [-0.05, 0) is 76.1 Å². The number of hydrogen-bond acceptors (Lipinski definition) is 4. The van der Waals surface area contributed by atoms with E-state index in [-0.39, 0.29) is 0 Å². The predicted molar refractivity (Wildman–Crippen MR) is 267 cm³/mol. The third-order valence-electron chi connectivity index (χ3n) is 13.1. The summed E-state index contributed by atoms with van der Waals surface area (Å²) in [6.45, 7) is 0. The minimum atomic E-state index is 0.585. The highest BCUT2D eigenvalue weighted by atomic mass is 16.3. The minimum absolute atomic E-state index is 0.585. The molecular weight excluding hydrogens is 795 g/mol. The molecule has 0 aliphatic carbocycles. The van der Waals surface area contributed by atoms with Gasteiger partial charge in [0, 0.05) is 60.8 Å². The lowest BCUT2D eigenvalue weighted by Gasteiger charge is -2.12. The van der Waals surface area contributed by atoms with Crippen LogP contribution in [-0.4, -0.2) is 24.1 Å². The van der Waals surface area contributed by atoms with E-state index in [0.717, 1.165) is 88.1 Å². The summed E-state index contributed by atoms with van der Waals surface area (Å²) in [5.41, 5.74) is 11.0. The van der Waals surface area contributed by atoms with Gasteiger partial charge in [0.25, 0.3) is 0 Å². The molecule has 14 rings (SSSR count). The zero-order valence-electron chi connectivity index (χ0n) is 34.9. The van der Waals surface area contributed by atoms with Crippen molar-refractivity contribution < 1.29 is 4.42 Å². The van der Waals surface area contributed by atoms with Crippen LogP contribution in [0.5, 0.6) is 0 Å². The Morgan fingerprint density at radius 1 is 0.323 bits per heavy atom. The van der Waals surface area contributed by atoms with Crippen molar-refractivity contribution in [3.63, 3.8) is 0 Å². The Balaban J connectivity index is 0.997. The molecule has 10 aromatic carbocycles. The summed E-state index contributed by atoms with van der Waals surface area (Å²) in [5, 5.41) is 11.4. The molecule has 302 valence electrons. The van der Waals surface area contributed by atoms with Crippen LogP contribution in [-0.2, 0) is 0 Å². The van der Waals surface area contributed by atoms with Gasteiger partial charge in [-0.3, -0.25) is 0 Å². The molecule has 0 aliphatic heterocycles. The molecule has 6 nitrogen and oxygen atoms in total. The van der Waals surface area contributed by atoms with Crippen LogP contribution >= 0.6 is 0 Å². The monoisotopic (exact) mass is 829 g/mol. The number of hydrogen-bond donors (Lipinski definition) is 0. The highest BCUT2D eigenvalue weighted by Crippen LogP contribution is 2.43. The van der Waals surface area contributed by atoms with Crippen LogP contribution in [0.15, 0.2) is 217 Å². The van der Waals surface area contributed by atoms with E-state index in [1.54, 1.807) is 0 Å². The van der Waals surface area contributed by atoms with Gasteiger partial charge in [-0.15, -0.1) is 0 Å². The smallest absolute Gasteiger partial charge is 0.164 e. The first kappa shape index (κ1) is 35.7. The fourth-order valence-corrected chi connectivity index (χ4v) is 10.2. The standard InChI is InChI=1S/C59H35N5O/c1-2-17-42(18-3-1)63-50-22-10-8-19-44(50)46-31-32-47-45-20-9-11-23-51(45)64(56(47)55(46)63)43-29-30-48-53(35-43)65-52-24-12-21-49(54(48)52)59-61-57(40-27-25-36-13-4-6-15-38(36)33-40)60-58(62-59)41-28-26-37-14-5-7-16-39(37)34-41/h1-35H. The molecule has 0 bridgehead atoms. The second-order valence-electron chi connectivity index (χ2n) is 16.8. The maximum atomic E-state index is 6.84. The molecule has 4 aromatic heterocycles. The number of para-hydroxylation sites is 3. The number of aromatic nitrogens is 5. The van der Waals surface area contributed by atoms with Crippen molar-refractivity contribution in [2.75, 3.05) is 0 Å². The van der Waals surface area contributed by atoms with Gasteiger partial charge in [0.15, 0.2) is 17.5 Å². The van der Waals surface area contributed by atoms with Gasteiger partial charge in [0.05, 0.1) is 27.8 Å². The van der Waals surface area contributed by atoms with Crippen molar-refractivity contribution in [3.8, 4) is 45.5 Å². The van der Waals surface area contributed by atoms with Gasteiger partial charge in [0.2, 0.25) is 0 Å². The molecule has 0 N–H and O–H groups in total. The summed E-state index contributed by atoms with van der Waals surface area (Å²) in [4.78, 5) is 15.6. The molecule has 4 heterocycles. The zero-order valence-corrected chi connectivity index (χ0v) is 34.9. The van der Waals surface area contributed by atoms with E-state index >= 15 is 0 Å². The van der Waals surface area contributed by atoms with E-state index in [0.29, 0.717) is 17.5 Å². The predicted octanol–water partition coefficient (Wildman–Crippen LogP) is 15.3. The summed E-state index contributed by atoms with van der Waals surface area (Å²) in [7, 11) is 0. The average molecular weight is 830 g/mol. The maximum absolute atomic E-state index is 6.84. The Hall–Kier alpha value is -8.87. The van der Waals surface area contributed by atoms with Crippen molar-refractivity contribution in [3.05, 3.63) is 212 Å². The molecule has 0 radical (unpaired) electrons. The number of benzene rings is 10. The molecule has 65 heavy (non-hydrogen) atoms. The van der Waals surface area contributed by atoms with Gasteiger partial charge >= 0.3 is 0 Å². The van der Waals surface area contributed by atoms with Crippen molar-refractivity contribution in [2.24, 2.45) is 0 Å². The summed E-state index contributed by atoms with van der Waals surface area (Å²) >= 11 is 0. The van der Waals surface area contributed by atoms with Crippen LogP contribution < -0.4 is 0 Å². The lowest BCUT2D eigenvalue weighted by atomic mass is 10.0. The number of rotatable bonds is 5. The highest BCUT2D eigenvalue weighted by Gasteiger charge is 2.23. The fraction of sp³-hybridized carbons (Fsp3) is 0. The largest absolute Gasteiger partial charge is 0.456 e. The van der Waals surface area contributed by atoms with Gasteiger partial charge < -0.3 is 13.6 Å². The zero-order chi connectivity index (χ0) is 42.6. The van der Waals surface area contributed by atoms with E-state index in [2.05, 4.69) is 209 Å². The van der Waals surface area contributed by atoms with E-state index in [1.807, 2.05) is 12.1 Å². The molecule has 14 aromatic rings. The quantitative estimate of drug-likeness (QED) is 0.173. The van der Waals surface area contributed by atoms with Crippen LogP contribution in [0.2, 0.25) is 0 Å². The SMILES string of the molecule is c1ccc(-n2c3ccccc3c3ccc4c5ccccc5n(-c5ccc6c(c5)oc5cccc(-c7nc(-c8ccc9ccccc9c8)nc(-c8ccc9ccccc9c8)n7)c56)c4c32)cc1. The molecule has 0 fully saturated rings. The lowest BCUT2D eigenvalue weighted by Crippen LogP contribution is -2.00. The fourth-order valence-electron chi connectivity index (χ4n) is 10.2. The first-order valence-corrected chi connectivity index (χ1v) is 21.9. The molecule has 0 unspecified atom stereocenters. The summed E-state index contributed by atoms with van der Waals surface area (Å²) in [6.07, 6.45) is 0. The van der Waals surface area contributed by atoms with Crippen LogP contribution in [0.25, 0.3) is 133 Å². The van der Waals surface area contributed by atoms with Crippen molar-refractivity contribution in [1.29, 1.82) is 0 Å². The average Bonchev–Trinajstić information content (AvgIpc) is 4.04. The first-order chi connectivity index (χ1) is 32.2. The second-order valence-corrected chi connectivity index (χ2v) is 16.8. The normalized spacial score (nSPS) is 12.0. The first-order valence-electron chi connectivity index (χ1n) is 21.9. The number of furan rings is 1. The minimum Gasteiger partial charge on any atom is -0.456 e. The molecule has 0 saturated carbocycles. The van der Waals surface area contributed by atoms with Crippen LogP contribution in [0, 0.1) is 0 Å². The van der Waals surface area contributed by atoms with Crippen molar-refractivity contribution in [1.82, 2.24) is 24.1 Å². The van der Waals surface area contributed by atoms with Crippen LogP contribution in [0.1, 0.15) is 0 Å². The van der Waals surface area contributed by atoms with E-state index in [1.165, 1.54) is 27.1 Å². The Bertz CT molecular complexity index is 4160. The summed E-state index contributed by atoms with van der Waals surface area (Å²) < 4.78 is 11.7. The van der Waals surface area contributed by atoms with E-state index in [9.17, 15) is 0 Å². The molecule has 0 atom stereocenters. The van der Waals surface area contributed by atoms with Gasteiger partial charge in [0.1, 0.15) is 11.2 Å². The van der Waals surface area contributed by atoms with Crippen molar-refractivity contribution >= 4 is 87.1 Å². The third kappa shape index (κ3) is 5.44. The Morgan fingerprint density at radius 3 is 1.48 bits per heavy atom. The Morgan fingerprint density at radius 2 is 0.846 bits per heavy atom. The highest BCUT2D eigenvalue weighted by molar-refractivity contribution is 6.24. The molecule has 0 aliphatic rings. The van der Waals surface area contributed by atoms with Crippen LogP contribution in [0.3, 0.4) is 0 Å². The van der Waals surface area contributed by atoms with E-state index in [4.69, 9.17) is 19.4 Å². The maximum Gasteiger partial charge on any atom is 0.164 e. The second kappa shape index (κ2) is 13.8. The molecule has 0 amide bonds. The third-order valence-corrected chi connectivity index (χ3v) is 13.1. The Kier molecular flexibility index (Phi) is 7.59. The van der Waals surface area contributed by atoms with E-state index < -0.39 is 0 Å². The van der Waals surface area contributed by atoms with Gasteiger partial charge in [-0.2, -0.15) is 0 Å². The van der Waals surface area contributed by atoms with Crippen LogP contribution in [0.4, 0.5) is 0 Å². The summed E-state index contributed by atoms with van der Waals surface area (Å²) in [6, 6.07) is 75.0. The van der Waals surface area contributed by atoms with Gasteiger partial charge in [-0.1, -0.05) is 152 Å². The number of nitrogens with zero attached hydrogens (tertiary/aromatic N) is 5.